The van der Waals surface area contributed by atoms with Gasteiger partial charge in [0.1, 0.15) is 5.76 Å². The summed E-state index contributed by atoms with van der Waals surface area (Å²) in [7, 11) is -2.21. The summed E-state index contributed by atoms with van der Waals surface area (Å²) in [6.45, 7) is 16.9. The smallest absolute Gasteiger partial charge is 0.281 e. The molecular formula is C17H26F2OSi. The lowest BCUT2D eigenvalue weighted by Gasteiger charge is -2.45. The molecule has 0 atom stereocenters. The first-order valence-electron chi connectivity index (χ1n) is 7.46. The predicted molar refractivity (Wildman–Crippen MR) is 88.0 cm³/mol. The zero-order chi connectivity index (χ0) is 16.4. The molecule has 0 aliphatic carbocycles. The second kappa shape index (κ2) is 6.73. The highest BCUT2D eigenvalue weighted by molar-refractivity contribution is 6.91. The van der Waals surface area contributed by atoms with Gasteiger partial charge in [-0.05, 0) is 34.0 Å². The summed E-state index contributed by atoms with van der Waals surface area (Å²) < 4.78 is 32.5. The third-order valence-corrected chi connectivity index (χ3v) is 11.7. The number of furan rings is 1. The van der Waals surface area contributed by atoms with Gasteiger partial charge in [0.25, 0.3) is 6.08 Å². The van der Waals surface area contributed by atoms with Gasteiger partial charge in [-0.3, -0.25) is 0 Å². The average molecular weight is 312 g/mol. The van der Waals surface area contributed by atoms with Crippen LogP contribution in [0.4, 0.5) is 8.78 Å². The van der Waals surface area contributed by atoms with Crippen molar-refractivity contribution in [3.8, 4) is 0 Å². The molecule has 0 bridgehead atoms. The maximum atomic E-state index is 13.6. The summed E-state index contributed by atoms with van der Waals surface area (Å²) in [6, 6.07) is 3.22. The van der Waals surface area contributed by atoms with Gasteiger partial charge < -0.3 is 4.42 Å². The monoisotopic (exact) mass is 312 g/mol. The fourth-order valence-corrected chi connectivity index (χ4v) is 10.8. The van der Waals surface area contributed by atoms with E-state index in [1.807, 2.05) is 0 Å². The Kier molecular flexibility index (Phi) is 5.73. The molecule has 0 aliphatic heterocycles. The maximum absolute atomic E-state index is 13.6. The van der Waals surface area contributed by atoms with E-state index in [2.05, 4.69) is 48.1 Å². The van der Waals surface area contributed by atoms with E-state index in [4.69, 9.17) is 4.42 Å². The molecule has 0 saturated heterocycles. The largest absolute Gasteiger partial charge is 0.464 e. The molecule has 21 heavy (non-hydrogen) atoms. The van der Waals surface area contributed by atoms with Crippen LogP contribution in [0.2, 0.25) is 16.6 Å². The molecule has 1 rings (SSSR count). The standard InChI is InChI=1S/C17H26F2OSi/c1-11(2)21(12(3)4,13(5)6)14(7)16(17(18)19)15-9-8-10-20-15/h8-13H,7H2,1-6H3. The van der Waals surface area contributed by atoms with Gasteiger partial charge in [0, 0.05) is 0 Å². The quantitative estimate of drug-likeness (QED) is 0.423. The Morgan fingerprint density at radius 2 is 1.52 bits per heavy atom. The van der Waals surface area contributed by atoms with Gasteiger partial charge in [-0.1, -0.05) is 48.1 Å². The lowest BCUT2D eigenvalue weighted by Crippen LogP contribution is -2.46. The van der Waals surface area contributed by atoms with Gasteiger partial charge in [-0.25, -0.2) is 0 Å². The van der Waals surface area contributed by atoms with Crippen molar-refractivity contribution in [2.45, 2.75) is 58.2 Å². The Labute approximate surface area is 127 Å². The highest BCUT2D eigenvalue weighted by Crippen LogP contribution is 2.50. The summed E-state index contributed by atoms with van der Waals surface area (Å²) in [5.74, 6) is 0.221. The Balaban J connectivity index is 3.51. The summed E-state index contributed by atoms with van der Waals surface area (Å²) in [4.78, 5) is 0. The fourth-order valence-electron chi connectivity index (χ4n) is 4.04. The first-order chi connectivity index (χ1) is 9.67. The molecule has 118 valence electrons. The molecule has 0 unspecified atom stereocenters. The summed E-state index contributed by atoms with van der Waals surface area (Å²) in [6.07, 6.45) is -0.275. The van der Waals surface area contributed by atoms with Crippen LogP contribution in [-0.4, -0.2) is 8.07 Å². The average Bonchev–Trinajstić information content (AvgIpc) is 2.81. The molecule has 4 heteroatoms. The van der Waals surface area contributed by atoms with Crippen molar-refractivity contribution in [1.82, 2.24) is 0 Å². The van der Waals surface area contributed by atoms with Crippen LogP contribution in [0.15, 0.2) is 40.7 Å². The Morgan fingerprint density at radius 3 is 1.81 bits per heavy atom. The predicted octanol–water partition coefficient (Wildman–Crippen LogP) is 6.66. The summed E-state index contributed by atoms with van der Waals surface area (Å²) >= 11 is 0. The maximum Gasteiger partial charge on any atom is 0.281 e. The molecule has 0 spiro atoms. The van der Waals surface area contributed by atoms with Gasteiger partial charge in [0.2, 0.25) is 0 Å². The van der Waals surface area contributed by atoms with E-state index in [1.54, 1.807) is 12.1 Å². The van der Waals surface area contributed by atoms with Crippen molar-refractivity contribution < 1.29 is 13.2 Å². The Bertz CT molecular complexity index is 487. The minimum absolute atomic E-state index is 0.0808. The van der Waals surface area contributed by atoms with Crippen molar-refractivity contribution in [1.29, 1.82) is 0 Å². The van der Waals surface area contributed by atoms with E-state index in [0.717, 1.165) is 0 Å². The van der Waals surface area contributed by atoms with Crippen LogP contribution in [0.3, 0.4) is 0 Å². The van der Waals surface area contributed by atoms with Crippen molar-refractivity contribution in [3.05, 3.63) is 42.0 Å². The van der Waals surface area contributed by atoms with Gasteiger partial charge in [0.05, 0.1) is 19.9 Å². The van der Waals surface area contributed by atoms with Crippen LogP contribution in [-0.2, 0) is 0 Å². The molecule has 1 aromatic heterocycles. The third kappa shape index (κ3) is 3.05. The van der Waals surface area contributed by atoms with Crippen LogP contribution in [0.5, 0.6) is 0 Å². The zero-order valence-corrected chi connectivity index (χ0v) is 14.8. The summed E-state index contributed by atoms with van der Waals surface area (Å²) in [5, 5.41) is 0.609. The van der Waals surface area contributed by atoms with E-state index < -0.39 is 14.2 Å². The van der Waals surface area contributed by atoms with Crippen molar-refractivity contribution in [2.75, 3.05) is 0 Å². The lowest BCUT2D eigenvalue weighted by atomic mass is 10.2. The second-order valence-corrected chi connectivity index (χ2v) is 12.4. The number of hydrogen-bond donors (Lipinski definition) is 0. The molecule has 0 radical (unpaired) electrons. The Morgan fingerprint density at radius 1 is 1.05 bits per heavy atom. The molecule has 1 nitrogen and oxygen atoms in total. The van der Waals surface area contributed by atoms with Gasteiger partial charge >= 0.3 is 0 Å². The van der Waals surface area contributed by atoms with Crippen LogP contribution in [0.25, 0.3) is 5.57 Å². The van der Waals surface area contributed by atoms with Crippen molar-refractivity contribution >= 4 is 13.6 Å². The third-order valence-electron chi connectivity index (χ3n) is 4.65. The lowest BCUT2D eigenvalue weighted by molar-refractivity contribution is 0.422. The first kappa shape index (κ1) is 17.9. The van der Waals surface area contributed by atoms with E-state index >= 15 is 0 Å². The summed E-state index contributed by atoms with van der Waals surface area (Å²) in [5.41, 5.74) is 0.903. The van der Waals surface area contributed by atoms with Crippen LogP contribution in [0.1, 0.15) is 47.3 Å². The minimum Gasteiger partial charge on any atom is -0.464 e. The second-order valence-electron chi connectivity index (χ2n) is 6.49. The van der Waals surface area contributed by atoms with E-state index in [9.17, 15) is 8.78 Å². The fraction of sp³-hybridized carbons (Fsp3) is 0.529. The molecule has 1 heterocycles. The molecule has 1 aromatic rings. The molecule has 0 saturated carbocycles. The molecule has 0 aromatic carbocycles. The molecule has 0 aliphatic rings. The van der Waals surface area contributed by atoms with Crippen LogP contribution < -0.4 is 0 Å². The molecule has 0 N–H and O–H groups in total. The normalized spacial score (nSPS) is 12.3. The Hall–Kier alpha value is -1.16. The highest BCUT2D eigenvalue weighted by atomic mass is 28.3. The SMILES string of the molecule is C=C(C(=C(F)F)c1ccco1)[Si](C(C)C)(C(C)C)C(C)C. The van der Waals surface area contributed by atoms with Crippen LogP contribution in [0, 0.1) is 0 Å². The highest BCUT2D eigenvalue weighted by Gasteiger charge is 2.47. The van der Waals surface area contributed by atoms with E-state index in [1.165, 1.54) is 6.26 Å². The molecule has 0 amide bonds. The number of halogens is 2. The van der Waals surface area contributed by atoms with E-state index in [-0.39, 0.29) is 11.3 Å². The number of allylic oxidation sites excluding steroid dienone is 2. The topological polar surface area (TPSA) is 13.1 Å². The van der Waals surface area contributed by atoms with Gasteiger partial charge in [-0.15, -0.1) is 0 Å². The van der Waals surface area contributed by atoms with Crippen molar-refractivity contribution in [3.63, 3.8) is 0 Å². The number of hydrogen-bond acceptors (Lipinski definition) is 1. The zero-order valence-electron chi connectivity index (χ0n) is 13.8. The van der Waals surface area contributed by atoms with Gasteiger partial charge in [-0.2, -0.15) is 8.78 Å². The molecular weight excluding hydrogens is 286 g/mol. The van der Waals surface area contributed by atoms with Crippen LogP contribution >= 0.6 is 0 Å². The van der Waals surface area contributed by atoms with E-state index in [0.29, 0.717) is 21.8 Å². The number of rotatable bonds is 6. The van der Waals surface area contributed by atoms with Gasteiger partial charge in [0.15, 0.2) is 0 Å². The minimum atomic E-state index is -2.21. The first-order valence-corrected chi connectivity index (χ1v) is 9.69. The van der Waals surface area contributed by atoms with Crippen molar-refractivity contribution in [2.24, 2.45) is 0 Å². The molecule has 0 fully saturated rings.